The average Bonchev–Trinajstić information content (AvgIpc) is 2.76. The zero-order chi connectivity index (χ0) is 22.9. The molecule has 0 aliphatic carbocycles. The lowest BCUT2D eigenvalue weighted by Gasteiger charge is -2.37. The molecule has 4 N–H and O–H groups in total. The summed E-state index contributed by atoms with van der Waals surface area (Å²) in [7, 11) is 0. The summed E-state index contributed by atoms with van der Waals surface area (Å²) in [6, 6.07) is 0. The molecule has 0 unspecified atom stereocenters. The number of unbranched alkanes of at least 4 members (excludes halogenated alkanes) is 14. The molecule has 31 heavy (non-hydrogen) atoms. The van der Waals surface area contributed by atoms with Crippen molar-refractivity contribution in [3.63, 3.8) is 0 Å². The Hall–Kier alpha value is -0.730. The maximum absolute atomic E-state index is 11.8. The largest absolute Gasteiger partial charge is 0.463 e. The number of carbonyl (C=O) groups excluding carboxylic acids is 1. The van der Waals surface area contributed by atoms with Crippen molar-refractivity contribution in [3.05, 3.63) is 0 Å². The van der Waals surface area contributed by atoms with E-state index in [1.807, 2.05) is 0 Å². The zero-order valence-corrected chi connectivity index (χ0v) is 19.4. The first kappa shape index (κ1) is 28.3. The van der Waals surface area contributed by atoms with Gasteiger partial charge in [-0.15, -0.1) is 0 Å². The van der Waals surface area contributed by atoms with Crippen molar-refractivity contribution in [1.29, 1.82) is 0 Å². The molecule has 1 heterocycles. The first-order valence-corrected chi connectivity index (χ1v) is 12.5. The highest BCUT2D eigenvalue weighted by Gasteiger charge is 2.43. The highest BCUT2D eigenvalue weighted by molar-refractivity contribution is 5.69. The third-order valence-corrected chi connectivity index (χ3v) is 6.08. The fraction of sp³-hybridized carbons (Fsp3) is 0.958. The van der Waals surface area contributed by atoms with Crippen molar-refractivity contribution >= 4 is 5.97 Å². The van der Waals surface area contributed by atoms with Gasteiger partial charge in [0.1, 0.15) is 31.0 Å². The van der Waals surface area contributed by atoms with E-state index in [-0.39, 0.29) is 12.6 Å². The Morgan fingerprint density at radius 2 is 1.13 bits per heavy atom. The fourth-order valence-corrected chi connectivity index (χ4v) is 3.96. The minimum absolute atomic E-state index is 0.264. The van der Waals surface area contributed by atoms with Gasteiger partial charge >= 0.3 is 5.97 Å². The summed E-state index contributed by atoms with van der Waals surface area (Å²) < 4.78 is 10.1. The summed E-state index contributed by atoms with van der Waals surface area (Å²) in [4.78, 5) is 11.8. The van der Waals surface area contributed by atoms with Crippen molar-refractivity contribution in [2.24, 2.45) is 0 Å². The second-order valence-electron chi connectivity index (χ2n) is 8.92. The van der Waals surface area contributed by atoms with Crippen LogP contribution in [-0.2, 0) is 14.3 Å². The number of esters is 1. The summed E-state index contributed by atoms with van der Waals surface area (Å²) in [6.45, 7) is 1.99. The van der Waals surface area contributed by atoms with Gasteiger partial charge in [0, 0.05) is 6.42 Å². The molecule has 7 nitrogen and oxygen atoms in total. The molecule has 5 atom stereocenters. The molecule has 1 rings (SSSR count). The molecule has 184 valence electrons. The van der Waals surface area contributed by atoms with Crippen molar-refractivity contribution in [1.82, 2.24) is 0 Å². The highest BCUT2D eigenvalue weighted by Crippen LogP contribution is 2.20. The number of hydrogen-bond donors (Lipinski definition) is 4. The van der Waals surface area contributed by atoms with E-state index in [9.17, 15) is 25.2 Å². The summed E-state index contributed by atoms with van der Waals surface area (Å²) >= 11 is 0. The van der Waals surface area contributed by atoms with Crippen LogP contribution in [0.4, 0.5) is 0 Å². The molecule has 0 amide bonds. The van der Waals surface area contributed by atoms with E-state index in [0.717, 1.165) is 19.3 Å². The summed E-state index contributed by atoms with van der Waals surface area (Å²) in [6.07, 6.45) is 12.0. The maximum Gasteiger partial charge on any atom is 0.305 e. The molecule has 1 aliphatic rings. The van der Waals surface area contributed by atoms with Crippen LogP contribution in [0.25, 0.3) is 0 Å². The first-order chi connectivity index (χ1) is 15.0. The SMILES string of the molecule is CCCCCCCCCCCCCCCCCC(=O)OC[C@H]1O[C@H](O)[C@H](O)[C@@H](O)[C@H]1O. The zero-order valence-electron chi connectivity index (χ0n) is 19.4. The molecule has 1 saturated heterocycles. The minimum Gasteiger partial charge on any atom is -0.463 e. The normalized spacial score (nSPS) is 26.2. The smallest absolute Gasteiger partial charge is 0.305 e. The highest BCUT2D eigenvalue weighted by atomic mass is 16.6. The van der Waals surface area contributed by atoms with Crippen molar-refractivity contribution in [3.8, 4) is 0 Å². The Balaban J connectivity index is 1.89. The van der Waals surface area contributed by atoms with Crippen LogP contribution in [0.5, 0.6) is 0 Å². The van der Waals surface area contributed by atoms with Crippen LogP contribution in [-0.4, -0.2) is 63.7 Å². The van der Waals surface area contributed by atoms with Crippen LogP contribution >= 0.6 is 0 Å². The standard InChI is InChI=1S/C24H46O7/c1-2-3-4-5-6-7-8-9-10-11-12-13-14-15-16-17-20(25)30-18-19-21(26)22(27)23(28)24(29)31-19/h19,21-24,26-29H,2-18H2,1H3/t19-,21+,22+,23-,24+/m1/s1. The topological polar surface area (TPSA) is 116 Å². The quantitative estimate of drug-likeness (QED) is 0.188. The fourth-order valence-electron chi connectivity index (χ4n) is 3.96. The van der Waals surface area contributed by atoms with Crippen LogP contribution in [0.3, 0.4) is 0 Å². The van der Waals surface area contributed by atoms with Gasteiger partial charge < -0.3 is 29.9 Å². The summed E-state index contributed by atoms with van der Waals surface area (Å²) in [5, 5.41) is 38.3. The van der Waals surface area contributed by atoms with Crippen LogP contribution in [0, 0.1) is 0 Å². The second-order valence-corrected chi connectivity index (χ2v) is 8.92. The first-order valence-electron chi connectivity index (χ1n) is 12.5. The number of hydrogen-bond acceptors (Lipinski definition) is 7. The molecule has 7 heteroatoms. The molecule has 0 saturated carbocycles. The Morgan fingerprint density at radius 1 is 0.677 bits per heavy atom. The van der Waals surface area contributed by atoms with Gasteiger partial charge in [0.15, 0.2) is 6.29 Å². The molecule has 1 aliphatic heterocycles. The average molecular weight is 447 g/mol. The van der Waals surface area contributed by atoms with Gasteiger partial charge in [-0.1, -0.05) is 96.8 Å². The van der Waals surface area contributed by atoms with Crippen molar-refractivity contribution in [2.45, 2.75) is 140 Å². The van der Waals surface area contributed by atoms with Gasteiger partial charge in [0.25, 0.3) is 0 Å². The predicted molar refractivity (Wildman–Crippen MR) is 119 cm³/mol. The maximum atomic E-state index is 11.8. The van der Waals surface area contributed by atoms with Crippen LogP contribution in [0.15, 0.2) is 0 Å². The van der Waals surface area contributed by atoms with E-state index >= 15 is 0 Å². The third-order valence-electron chi connectivity index (χ3n) is 6.08. The van der Waals surface area contributed by atoms with Crippen LogP contribution < -0.4 is 0 Å². The van der Waals surface area contributed by atoms with Gasteiger partial charge in [-0.05, 0) is 6.42 Å². The monoisotopic (exact) mass is 446 g/mol. The lowest BCUT2D eigenvalue weighted by Crippen LogP contribution is -2.58. The van der Waals surface area contributed by atoms with Gasteiger partial charge in [-0.3, -0.25) is 4.79 Å². The Labute approximate surface area is 188 Å². The second kappa shape index (κ2) is 17.8. The Kier molecular flexibility index (Phi) is 16.2. The van der Waals surface area contributed by atoms with Crippen molar-refractivity contribution < 1.29 is 34.7 Å². The number of aliphatic hydroxyl groups is 4. The molecule has 1 fully saturated rings. The molecule has 0 radical (unpaired) electrons. The van der Waals surface area contributed by atoms with E-state index in [2.05, 4.69) is 6.92 Å². The Morgan fingerprint density at radius 3 is 1.61 bits per heavy atom. The number of rotatable bonds is 18. The lowest BCUT2D eigenvalue weighted by molar-refractivity contribution is -0.287. The molecule has 0 aromatic heterocycles. The molecule has 0 aromatic rings. The number of aliphatic hydroxyl groups excluding tert-OH is 4. The Bertz CT molecular complexity index is 446. The molecular formula is C24H46O7. The van der Waals surface area contributed by atoms with Gasteiger partial charge in [-0.2, -0.15) is 0 Å². The molecular weight excluding hydrogens is 400 g/mol. The van der Waals surface area contributed by atoms with E-state index < -0.39 is 30.7 Å². The van der Waals surface area contributed by atoms with E-state index in [1.54, 1.807) is 0 Å². The van der Waals surface area contributed by atoms with E-state index in [4.69, 9.17) is 9.47 Å². The number of carbonyl (C=O) groups is 1. The molecule has 0 spiro atoms. The predicted octanol–water partition coefficient (Wildman–Crippen LogP) is 3.59. The molecule has 0 aromatic carbocycles. The van der Waals surface area contributed by atoms with Gasteiger partial charge in [0.2, 0.25) is 0 Å². The third kappa shape index (κ3) is 12.8. The lowest BCUT2D eigenvalue weighted by atomic mass is 9.99. The van der Waals surface area contributed by atoms with Crippen LogP contribution in [0.1, 0.15) is 110 Å². The van der Waals surface area contributed by atoms with E-state index in [0.29, 0.717) is 6.42 Å². The summed E-state index contributed by atoms with van der Waals surface area (Å²) in [5.41, 5.74) is 0. The molecule has 0 bridgehead atoms. The minimum atomic E-state index is -1.61. The van der Waals surface area contributed by atoms with Crippen molar-refractivity contribution in [2.75, 3.05) is 6.61 Å². The summed E-state index contributed by atoms with van der Waals surface area (Å²) in [5.74, 6) is -0.388. The van der Waals surface area contributed by atoms with Gasteiger partial charge in [-0.25, -0.2) is 0 Å². The van der Waals surface area contributed by atoms with Gasteiger partial charge in [0.05, 0.1) is 0 Å². The van der Waals surface area contributed by atoms with Crippen LogP contribution in [0.2, 0.25) is 0 Å². The van der Waals surface area contributed by atoms with E-state index in [1.165, 1.54) is 77.0 Å². The number of ether oxygens (including phenoxy) is 2.